The molecule has 4 aliphatic carbocycles. The van der Waals surface area contributed by atoms with Crippen molar-refractivity contribution in [1.29, 1.82) is 0 Å². The molecule has 0 bridgehead atoms. The molecule has 0 aliphatic heterocycles. The van der Waals surface area contributed by atoms with Gasteiger partial charge in [0.2, 0.25) is 0 Å². The van der Waals surface area contributed by atoms with Crippen LogP contribution < -0.4 is 0 Å². The molecule has 3 fully saturated rings. The monoisotopic (exact) mass is 442 g/mol. The highest BCUT2D eigenvalue weighted by atomic mass is 16.3. The molecule has 0 amide bonds. The normalized spacial score (nSPS) is 43.7. The van der Waals surface area contributed by atoms with Crippen LogP contribution in [0.15, 0.2) is 23.3 Å². The van der Waals surface area contributed by atoms with Gasteiger partial charge in [-0.3, -0.25) is 0 Å². The largest absolute Gasteiger partial charge is 0.389 e. The molecule has 0 saturated heterocycles. The van der Waals surface area contributed by atoms with Crippen LogP contribution in [0.4, 0.5) is 0 Å². The van der Waals surface area contributed by atoms with Gasteiger partial charge in [0.15, 0.2) is 0 Å². The van der Waals surface area contributed by atoms with Crippen LogP contribution in [0.2, 0.25) is 0 Å². The Labute approximate surface area is 198 Å². The minimum Gasteiger partial charge on any atom is -0.389 e. The number of allylic oxidation sites excluding steroid dienone is 1. The van der Waals surface area contributed by atoms with Crippen LogP contribution in [0.5, 0.6) is 0 Å². The average Bonchev–Trinajstić information content (AvgIpc) is 3.10. The predicted molar refractivity (Wildman–Crippen MR) is 134 cm³/mol. The molecule has 182 valence electrons. The van der Waals surface area contributed by atoms with E-state index in [1.54, 1.807) is 5.57 Å². The van der Waals surface area contributed by atoms with Gasteiger partial charge in [0, 0.05) is 0 Å². The topological polar surface area (TPSA) is 40.5 Å². The lowest BCUT2D eigenvalue weighted by molar-refractivity contribution is -0.0327. The van der Waals surface area contributed by atoms with E-state index in [2.05, 4.69) is 48.1 Å². The Morgan fingerprint density at radius 3 is 2.34 bits per heavy atom. The molecule has 0 heterocycles. The zero-order valence-corrected chi connectivity index (χ0v) is 21.8. The first kappa shape index (κ1) is 24.5. The van der Waals surface area contributed by atoms with E-state index >= 15 is 0 Å². The van der Waals surface area contributed by atoms with E-state index in [-0.39, 0.29) is 29.0 Å². The summed E-state index contributed by atoms with van der Waals surface area (Å²) in [4.78, 5) is 0. The van der Waals surface area contributed by atoms with Crippen LogP contribution in [0.3, 0.4) is 0 Å². The van der Waals surface area contributed by atoms with E-state index in [9.17, 15) is 10.2 Å². The van der Waals surface area contributed by atoms with Crippen LogP contribution in [0, 0.1) is 46.3 Å². The highest BCUT2D eigenvalue weighted by Gasteiger charge is 2.58. The number of hydrogen-bond acceptors (Lipinski definition) is 2. The van der Waals surface area contributed by atoms with Gasteiger partial charge in [-0.25, -0.2) is 0 Å². The van der Waals surface area contributed by atoms with E-state index in [4.69, 9.17) is 0 Å². The molecule has 0 aromatic heterocycles. The number of aliphatic hydroxyl groups is 2. The highest BCUT2D eigenvalue weighted by molar-refractivity contribution is 5.39. The molecule has 0 radical (unpaired) electrons. The summed E-state index contributed by atoms with van der Waals surface area (Å²) in [6, 6.07) is 0. The molecule has 0 spiro atoms. The molecule has 1 unspecified atom stereocenters. The Morgan fingerprint density at radius 1 is 0.969 bits per heavy atom. The molecule has 2 N–H and O–H groups in total. The van der Waals surface area contributed by atoms with E-state index in [1.807, 2.05) is 0 Å². The molecule has 2 nitrogen and oxygen atoms in total. The second kappa shape index (κ2) is 8.88. The van der Waals surface area contributed by atoms with Crippen molar-refractivity contribution < 1.29 is 10.2 Å². The van der Waals surface area contributed by atoms with E-state index in [0.29, 0.717) is 5.92 Å². The summed E-state index contributed by atoms with van der Waals surface area (Å²) < 4.78 is 0. The molecule has 2 heteroatoms. The van der Waals surface area contributed by atoms with Crippen molar-refractivity contribution in [3.63, 3.8) is 0 Å². The fourth-order valence-corrected chi connectivity index (χ4v) is 9.12. The second-order valence-corrected chi connectivity index (χ2v) is 13.0. The maximum absolute atomic E-state index is 11.4. The van der Waals surface area contributed by atoms with Crippen LogP contribution in [0.1, 0.15) is 106 Å². The third-order valence-electron chi connectivity index (χ3n) is 11.3. The number of rotatable bonds is 6. The van der Waals surface area contributed by atoms with E-state index in [0.717, 1.165) is 48.5 Å². The SMILES string of the molecule is C=C1C2C[C@@H](O)C3=C4CC[C@H]([C@H](C)CC[C@H](CC)C(C)C)[C@@]4(C)CC[C@@H]3[C@@]2(C)CC[C@@H]1O. The third-order valence-corrected chi connectivity index (χ3v) is 11.3. The van der Waals surface area contributed by atoms with Crippen molar-refractivity contribution in [3.8, 4) is 0 Å². The van der Waals surface area contributed by atoms with Crippen LogP contribution in [-0.2, 0) is 0 Å². The maximum Gasteiger partial charge on any atom is 0.0761 e. The third kappa shape index (κ3) is 3.76. The van der Waals surface area contributed by atoms with Crippen LogP contribution in [-0.4, -0.2) is 22.4 Å². The standard InChI is InChI=1S/C30H50O2/c1-8-21(18(2)3)10-9-19(4)22-11-12-23-28-24(13-15-29(22,23)6)30(7)16-14-26(31)20(5)25(30)17-27(28)32/h18-19,21-22,24-27,31-32H,5,8-17H2,1-4,6-7H3/t19-,21+,22-,24+,25?,26+,27-,29-,30-/m1/s1. The summed E-state index contributed by atoms with van der Waals surface area (Å²) >= 11 is 0. The van der Waals surface area contributed by atoms with Gasteiger partial charge in [0.1, 0.15) is 0 Å². The molecule has 4 rings (SSSR count). The van der Waals surface area contributed by atoms with Gasteiger partial charge in [0.25, 0.3) is 0 Å². The molecule has 4 aliphatic rings. The molecule has 3 saturated carbocycles. The first-order chi connectivity index (χ1) is 15.0. The van der Waals surface area contributed by atoms with Crippen molar-refractivity contribution in [2.45, 2.75) is 118 Å². The van der Waals surface area contributed by atoms with Crippen molar-refractivity contribution in [3.05, 3.63) is 23.3 Å². The van der Waals surface area contributed by atoms with Crippen molar-refractivity contribution in [2.24, 2.45) is 46.3 Å². The predicted octanol–water partition coefficient (Wildman–Crippen LogP) is 7.31. The molecule has 0 aromatic rings. The number of aliphatic hydroxyl groups excluding tert-OH is 2. The lowest BCUT2D eigenvalue weighted by Crippen LogP contribution is -2.52. The summed E-state index contributed by atoms with van der Waals surface area (Å²) in [7, 11) is 0. The van der Waals surface area contributed by atoms with Gasteiger partial charge < -0.3 is 10.2 Å². The Morgan fingerprint density at radius 2 is 1.69 bits per heavy atom. The summed E-state index contributed by atoms with van der Waals surface area (Å²) in [6.45, 7) is 18.9. The minimum atomic E-state index is -0.377. The van der Waals surface area contributed by atoms with Crippen LogP contribution in [0.25, 0.3) is 0 Å². The second-order valence-electron chi connectivity index (χ2n) is 13.0. The summed E-state index contributed by atoms with van der Waals surface area (Å²) in [5, 5.41) is 21.9. The first-order valence-corrected chi connectivity index (χ1v) is 13.8. The fraction of sp³-hybridized carbons (Fsp3) is 0.867. The van der Waals surface area contributed by atoms with Gasteiger partial charge in [0.05, 0.1) is 12.2 Å². The Kier molecular flexibility index (Phi) is 6.80. The van der Waals surface area contributed by atoms with E-state index in [1.165, 1.54) is 50.5 Å². The van der Waals surface area contributed by atoms with Crippen molar-refractivity contribution in [1.82, 2.24) is 0 Å². The van der Waals surface area contributed by atoms with Crippen molar-refractivity contribution >= 4 is 0 Å². The zero-order chi connectivity index (χ0) is 23.4. The van der Waals surface area contributed by atoms with E-state index < -0.39 is 0 Å². The van der Waals surface area contributed by atoms with Gasteiger partial charge in [-0.2, -0.15) is 0 Å². The number of fused-ring (bicyclic) bond motifs is 4. The lowest BCUT2D eigenvalue weighted by atomic mass is 9.47. The molecule has 32 heavy (non-hydrogen) atoms. The Bertz CT molecular complexity index is 750. The number of hydrogen-bond donors (Lipinski definition) is 2. The van der Waals surface area contributed by atoms with Gasteiger partial charge in [-0.15, -0.1) is 0 Å². The zero-order valence-electron chi connectivity index (χ0n) is 21.8. The smallest absolute Gasteiger partial charge is 0.0761 e. The van der Waals surface area contributed by atoms with Gasteiger partial charge in [-0.1, -0.05) is 66.5 Å². The average molecular weight is 443 g/mol. The lowest BCUT2D eigenvalue weighted by Gasteiger charge is -2.58. The maximum atomic E-state index is 11.4. The summed E-state index contributed by atoms with van der Waals surface area (Å²) in [5.41, 5.74) is 4.51. The summed E-state index contributed by atoms with van der Waals surface area (Å²) in [5.74, 6) is 3.90. The molecular weight excluding hydrogens is 392 g/mol. The Hall–Kier alpha value is -0.600. The molecule has 9 atom stereocenters. The minimum absolute atomic E-state index is 0.161. The quantitative estimate of drug-likeness (QED) is 0.423. The fourth-order valence-electron chi connectivity index (χ4n) is 9.12. The highest BCUT2D eigenvalue weighted by Crippen LogP contribution is 2.66. The first-order valence-electron chi connectivity index (χ1n) is 13.8. The summed E-state index contributed by atoms with van der Waals surface area (Å²) in [6.07, 6.45) is 11.0. The van der Waals surface area contributed by atoms with Crippen LogP contribution >= 0.6 is 0 Å². The Balaban J connectivity index is 1.58. The van der Waals surface area contributed by atoms with Gasteiger partial charge in [-0.05, 0) is 109 Å². The molecule has 0 aromatic carbocycles. The van der Waals surface area contributed by atoms with Crippen molar-refractivity contribution in [2.75, 3.05) is 0 Å². The molecular formula is C30H50O2. The van der Waals surface area contributed by atoms with Gasteiger partial charge >= 0.3 is 0 Å².